The quantitative estimate of drug-likeness (QED) is 0.337. The van der Waals surface area contributed by atoms with Crippen molar-refractivity contribution in [1.29, 1.82) is 0 Å². The number of rotatable bonds is 2. The number of carbonyl (C=O) groups is 2. The molecule has 5 heteroatoms. The number of nitrogens with zero attached hydrogens (tertiary/aromatic N) is 1. The molecule has 2 amide bonds. The molecule has 0 unspecified atom stereocenters. The SMILES string of the molecule is O=C1c2c(c3c4ccccc4[nH]c3c3[nH]c4ccccc4c23)C(=O)N1CC1CCCCC1. The third-order valence-electron chi connectivity index (χ3n) is 7.50. The number of aromatic nitrogens is 2. The van der Waals surface area contributed by atoms with Crippen molar-refractivity contribution in [2.24, 2.45) is 5.92 Å². The van der Waals surface area contributed by atoms with E-state index < -0.39 is 0 Å². The second-order valence-electron chi connectivity index (χ2n) is 9.32. The van der Waals surface area contributed by atoms with E-state index in [1.165, 1.54) is 24.2 Å². The molecule has 1 fully saturated rings. The molecule has 1 aliphatic heterocycles. The van der Waals surface area contributed by atoms with Crippen LogP contribution in [0.2, 0.25) is 0 Å². The molecule has 3 aromatic carbocycles. The molecular formula is C27H23N3O2. The van der Waals surface area contributed by atoms with Crippen LogP contribution < -0.4 is 0 Å². The Morgan fingerprint density at radius 1 is 0.719 bits per heavy atom. The van der Waals surface area contributed by atoms with Gasteiger partial charge in [0.2, 0.25) is 0 Å². The Bertz CT molecular complexity index is 1470. The van der Waals surface area contributed by atoms with E-state index in [0.29, 0.717) is 23.6 Å². The first-order chi connectivity index (χ1) is 15.7. The number of hydrogen-bond acceptors (Lipinski definition) is 2. The van der Waals surface area contributed by atoms with Gasteiger partial charge in [0.1, 0.15) is 0 Å². The molecule has 5 aromatic rings. The highest BCUT2D eigenvalue weighted by molar-refractivity contribution is 6.39. The molecule has 2 aromatic heterocycles. The van der Waals surface area contributed by atoms with Crippen LogP contribution in [0.1, 0.15) is 52.8 Å². The first-order valence-electron chi connectivity index (χ1n) is 11.6. The predicted molar refractivity (Wildman–Crippen MR) is 127 cm³/mol. The zero-order chi connectivity index (χ0) is 21.4. The maximum Gasteiger partial charge on any atom is 0.262 e. The Hall–Kier alpha value is -3.60. The predicted octanol–water partition coefficient (Wildman–Crippen LogP) is 6.13. The number of amides is 2. The van der Waals surface area contributed by atoms with Gasteiger partial charge in [-0.15, -0.1) is 0 Å². The summed E-state index contributed by atoms with van der Waals surface area (Å²) in [5.41, 5.74) is 4.88. The number of benzene rings is 3. The average molecular weight is 422 g/mol. The summed E-state index contributed by atoms with van der Waals surface area (Å²) in [6.45, 7) is 0.528. The molecule has 0 atom stereocenters. The third-order valence-corrected chi connectivity index (χ3v) is 7.50. The molecule has 32 heavy (non-hydrogen) atoms. The van der Waals surface area contributed by atoms with E-state index in [0.717, 1.165) is 56.5 Å². The van der Waals surface area contributed by atoms with Crippen LogP contribution in [0, 0.1) is 5.92 Å². The van der Waals surface area contributed by atoms with Gasteiger partial charge in [-0.25, -0.2) is 0 Å². The van der Waals surface area contributed by atoms with E-state index in [1.807, 2.05) is 48.5 Å². The lowest BCUT2D eigenvalue weighted by Crippen LogP contribution is -2.35. The van der Waals surface area contributed by atoms with E-state index in [-0.39, 0.29) is 11.8 Å². The third kappa shape index (κ3) is 2.28. The van der Waals surface area contributed by atoms with Gasteiger partial charge in [-0.05, 0) is 30.9 Å². The van der Waals surface area contributed by atoms with Crippen molar-refractivity contribution in [3.63, 3.8) is 0 Å². The van der Waals surface area contributed by atoms with Crippen LogP contribution >= 0.6 is 0 Å². The minimum absolute atomic E-state index is 0.141. The standard InChI is InChI=1S/C27H23N3O2/c31-26-22-20-16-10-4-6-12-18(16)28-24(20)25-21(17-11-5-7-13-19(17)29-25)23(22)27(32)30(26)14-15-8-2-1-3-9-15/h4-7,10-13,15,28-29H,1-3,8-9,14H2. The van der Waals surface area contributed by atoms with Crippen LogP contribution in [0.25, 0.3) is 43.6 Å². The molecule has 2 N–H and O–H groups in total. The number of H-pyrrole nitrogens is 2. The van der Waals surface area contributed by atoms with Crippen molar-refractivity contribution in [3.8, 4) is 0 Å². The minimum Gasteiger partial charge on any atom is -0.353 e. The van der Waals surface area contributed by atoms with Crippen LogP contribution in [0.3, 0.4) is 0 Å². The van der Waals surface area contributed by atoms with Gasteiger partial charge in [-0.1, -0.05) is 55.7 Å². The van der Waals surface area contributed by atoms with Crippen LogP contribution in [0.15, 0.2) is 48.5 Å². The van der Waals surface area contributed by atoms with Crippen molar-refractivity contribution in [3.05, 3.63) is 59.7 Å². The lowest BCUT2D eigenvalue weighted by molar-refractivity contribution is 0.0618. The summed E-state index contributed by atoms with van der Waals surface area (Å²) in [5, 5.41) is 3.69. The zero-order valence-corrected chi connectivity index (χ0v) is 17.7. The molecule has 0 bridgehead atoms. The number of aromatic amines is 2. The molecule has 3 heterocycles. The van der Waals surface area contributed by atoms with Crippen LogP contribution in [0.5, 0.6) is 0 Å². The Labute approximate surface area is 184 Å². The smallest absolute Gasteiger partial charge is 0.262 e. The number of fused-ring (bicyclic) bond motifs is 10. The number of nitrogens with one attached hydrogen (secondary N) is 2. The van der Waals surface area contributed by atoms with Gasteiger partial charge in [-0.3, -0.25) is 14.5 Å². The molecule has 5 nitrogen and oxygen atoms in total. The summed E-state index contributed by atoms with van der Waals surface area (Å²) < 4.78 is 0. The summed E-state index contributed by atoms with van der Waals surface area (Å²) in [4.78, 5) is 36.2. The lowest BCUT2D eigenvalue weighted by atomic mass is 9.89. The second kappa shape index (κ2) is 6.45. The van der Waals surface area contributed by atoms with Crippen molar-refractivity contribution < 1.29 is 9.59 Å². The van der Waals surface area contributed by atoms with Gasteiger partial charge in [0, 0.05) is 39.1 Å². The fourth-order valence-corrected chi connectivity index (χ4v) is 6.01. The second-order valence-corrected chi connectivity index (χ2v) is 9.32. The number of carbonyl (C=O) groups excluding carboxylic acids is 2. The van der Waals surface area contributed by atoms with Gasteiger partial charge in [0.25, 0.3) is 11.8 Å². The molecular weight excluding hydrogens is 398 g/mol. The number of imide groups is 1. The normalized spacial score (nSPS) is 17.4. The Morgan fingerprint density at radius 2 is 1.22 bits per heavy atom. The summed E-state index contributed by atoms with van der Waals surface area (Å²) in [6.07, 6.45) is 5.82. The molecule has 158 valence electrons. The Kier molecular flexibility index (Phi) is 3.63. The van der Waals surface area contributed by atoms with Gasteiger partial charge in [-0.2, -0.15) is 0 Å². The first kappa shape index (κ1) is 18.0. The molecule has 0 radical (unpaired) electrons. The molecule has 0 saturated heterocycles. The monoisotopic (exact) mass is 421 g/mol. The summed E-state index contributed by atoms with van der Waals surface area (Å²) >= 11 is 0. The van der Waals surface area contributed by atoms with E-state index in [1.54, 1.807) is 0 Å². The highest BCUT2D eigenvalue weighted by atomic mass is 16.2. The van der Waals surface area contributed by atoms with Crippen LogP contribution in [-0.4, -0.2) is 33.2 Å². The Morgan fingerprint density at radius 3 is 1.75 bits per heavy atom. The van der Waals surface area contributed by atoms with Crippen molar-refractivity contribution in [2.45, 2.75) is 32.1 Å². The van der Waals surface area contributed by atoms with E-state index in [2.05, 4.69) is 9.97 Å². The zero-order valence-electron chi connectivity index (χ0n) is 17.7. The topological polar surface area (TPSA) is 69.0 Å². The molecule has 1 saturated carbocycles. The van der Waals surface area contributed by atoms with E-state index in [4.69, 9.17) is 0 Å². The van der Waals surface area contributed by atoms with Gasteiger partial charge in [0.15, 0.2) is 0 Å². The number of hydrogen-bond donors (Lipinski definition) is 2. The average Bonchev–Trinajstić information content (AvgIpc) is 3.46. The molecule has 7 rings (SSSR count). The summed E-state index contributed by atoms with van der Waals surface area (Å²) in [6, 6.07) is 16.1. The minimum atomic E-state index is -0.141. The highest BCUT2D eigenvalue weighted by Gasteiger charge is 2.41. The van der Waals surface area contributed by atoms with Crippen molar-refractivity contribution >= 4 is 55.4 Å². The van der Waals surface area contributed by atoms with Gasteiger partial charge in [0.05, 0.1) is 22.2 Å². The largest absolute Gasteiger partial charge is 0.353 e. The Balaban J connectivity index is 1.57. The maximum atomic E-state index is 13.8. The fourth-order valence-electron chi connectivity index (χ4n) is 6.01. The fraction of sp³-hybridized carbons (Fsp3) is 0.259. The number of para-hydroxylation sites is 2. The molecule has 0 spiro atoms. The molecule has 1 aliphatic carbocycles. The van der Waals surface area contributed by atoms with Gasteiger partial charge < -0.3 is 9.97 Å². The van der Waals surface area contributed by atoms with E-state index in [9.17, 15) is 9.59 Å². The maximum absolute atomic E-state index is 13.8. The molecule has 2 aliphatic rings. The van der Waals surface area contributed by atoms with Gasteiger partial charge >= 0.3 is 0 Å². The van der Waals surface area contributed by atoms with Crippen LogP contribution in [0.4, 0.5) is 0 Å². The highest BCUT2D eigenvalue weighted by Crippen LogP contribution is 2.44. The van der Waals surface area contributed by atoms with Crippen LogP contribution in [-0.2, 0) is 0 Å². The summed E-state index contributed by atoms with van der Waals surface area (Å²) in [5.74, 6) is 0.123. The van der Waals surface area contributed by atoms with Crippen molar-refractivity contribution in [1.82, 2.24) is 14.9 Å². The van der Waals surface area contributed by atoms with Crippen molar-refractivity contribution in [2.75, 3.05) is 6.54 Å². The summed E-state index contributed by atoms with van der Waals surface area (Å²) in [7, 11) is 0. The van der Waals surface area contributed by atoms with E-state index >= 15 is 0 Å². The first-order valence-corrected chi connectivity index (χ1v) is 11.6. The lowest BCUT2D eigenvalue weighted by Gasteiger charge is -2.25.